The zero-order chi connectivity index (χ0) is 19.1. The van der Waals surface area contributed by atoms with Crippen LogP contribution in [-0.2, 0) is 13.6 Å². The zero-order valence-electron chi connectivity index (χ0n) is 14.4. The van der Waals surface area contributed by atoms with Gasteiger partial charge in [-0.15, -0.1) is 0 Å². The van der Waals surface area contributed by atoms with Crippen molar-refractivity contribution in [3.63, 3.8) is 0 Å². The van der Waals surface area contributed by atoms with Gasteiger partial charge in [0.15, 0.2) is 5.82 Å². The Kier molecular flexibility index (Phi) is 4.08. The molecule has 0 aliphatic heterocycles. The van der Waals surface area contributed by atoms with Gasteiger partial charge in [-0.1, -0.05) is 23.7 Å². The van der Waals surface area contributed by atoms with Gasteiger partial charge in [0, 0.05) is 29.5 Å². The van der Waals surface area contributed by atoms with Crippen LogP contribution >= 0.6 is 11.6 Å². The maximum absolute atomic E-state index is 12.6. The molecule has 0 saturated heterocycles. The standard InChI is InChI=1S/C19H16ClN5O2/c1-25-15-8-12(20)4-3-11(15)7-16(25)19(27)22-9-10-2-5-13-14(6-10)24-18(23-13)17(21)26/h2-8H,9H2,1H3,(H2,21,26)(H,22,27)(H,23,24). The number of imidazole rings is 1. The molecule has 4 aromatic rings. The second-order valence-corrected chi connectivity index (χ2v) is 6.71. The average molecular weight is 382 g/mol. The molecule has 2 amide bonds. The van der Waals surface area contributed by atoms with Gasteiger partial charge in [0.1, 0.15) is 5.69 Å². The number of nitrogens with one attached hydrogen (secondary N) is 2. The minimum absolute atomic E-state index is 0.111. The highest BCUT2D eigenvalue weighted by Crippen LogP contribution is 2.22. The van der Waals surface area contributed by atoms with Crippen molar-refractivity contribution in [2.24, 2.45) is 12.8 Å². The molecular formula is C19H16ClN5O2. The summed E-state index contributed by atoms with van der Waals surface area (Å²) in [6.07, 6.45) is 0. The Labute approximate surface area is 159 Å². The molecule has 2 heterocycles. The number of hydrogen-bond donors (Lipinski definition) is 3. The molecular weight excluding hydrogens is 366 g/mol. The predicted octanol–water partition coefficient (Wildman–Crippen LogP) is 2.74. The first-order valence-electron chi connectivity index (χ1n) is 8.24. The summed E-state index contributed by atoms with van der Waals surface area (Å²) in [5.41, 5.74) is 8.88. The second kappa shape index (κ2) is 6.44. The summed E-state index contributed by atoms with van der Waals surface area (Å²) in [6.45, 7) is 0.335. The van der Waals surface area contributed by atoms with Crippen LogP contribution in [0.1, 0.15) is 26.7 Å². The minimum atomic E-state index is -0.614. The fraction of sp³-hybridized carbons (Fsp3) is 0.105. The van der Waals surface area contributed by atoms with Gasteiger partial charge in [-0.3, -0.25) is 9.59 Å². The summed E-state index contributed by atoms with van der Waals surface area (Å²) < 4.78 is 1.81. The number of fused-ring (bicyclic) bond motifs is 2. The first kappa shape index (κ1) is 17.1. The lowest BCUT2D eigenvalue weighted by molar-refractivity contribution is 0.0942. The molecule has 8 heteroatoms. The van der Waals surface area contributed by atoms with Crippen LogP contribution in [0.5, 0.6) is 0 Å². The molecule has 7 nitrogen and oxygen atoms in total. The van der Waals surface area contributed by atoms with Crippen molar-refractivity contribution in [1.82, 2.24) is 19.9 Å². The van der Waals surface area contributed by atoms with Crippen LogP contribution in [0.25, 0.3) is 21.9 Å². The first-order valence-corrected chi connectivity index (χ1v) is 8.62. The SMILES string of the molecule is Cn1c(C(=O)NCc2ccc3nc(C(N)=O)[nH]c3c2)cc2ccc(Cl)cc21. The maximum atomic E-state index is 12.6. The van der Waals surface area contributed by atoms with E-state index in [2.05, 4.69) is 15.3 Å². The lowest BCUT2D eigenvalue weighted by atomic mass is 10.2. The monoisotopic (exact) mass is 381 g/mol. The third kappa shape index (κ3) is 3.13. The molecule has 0 radical (unpaired) electrons. The number of carbonyl (C=O) groups excluding carboxylic acids is 2. The Morgan fingerprint density at radius 1 is 1.22 bits per heavy atom. The van der Waals surface area contributed by atoms with Crippen LogP contribution in [0, 0.1) is 0 Å². The Morgan fingerprint density at radius 2 is 2.04 bits per heavy atom. The Balaban J connectivity index is 1.54. The number of H-pyrrole nitrogens is 1. The molecule has 4 N–H and O–H groups in total. The molecule has 0 fully saturated rings. The lowest BCUT2D eigenvalue weighted by Gasteiger charge is -2.07. The van der Waals surface area contributed by atoms with Crippen LogP contribution < -0.4 is 11.1 Å². The van der Waals surface area contributed by atoms with Gasteiger partial charge in [0.05, 0.1) is 11.0 Å². The number of primary amides is 1. The van der Waals surface area contributed by atoms with Crippen molar-refractivity contribution in [3.8, 4) is 0 Å². The van der Waals surface area contributed by atoms with Gasteiger partial charge in [-0.2, -0.15) is 0 Å². The summed E-state index contributed by atoms with van der Waals surface area (Å²) in [5, 5.41) is 4.48. The van der Waals surface area contributed by atoms with E-state index in [1.165, 1.54) is 0 Å². The number of halogens is 1. The highest BCUT2D eigenvalue weighted by Gasteiger charge is 2.14. The molecule has 4 rings (SSSR count). The Hall–Kier alpha value is -3.32. The molecule has 0 atom stereocenters. The highest BCUT2D eigenvalue weighted by atomic mass is 35.5. The lowest BCUT2D eigenvalue weighted by Crippen LogP contribution is -2.24. The van der Waals surface area contributed by atoms with E-state index in [4.69, 9.17) is 17.3 Å². The topological polar surface area (TPSA) is 106 Å². The smallest absolute Gasteiger partial charge is 0.284 e. The number of carbonyl (C=O) groups is 2. The molecule has 0 saturated carbocycles. The summed E-state index contributed by atoms with van der Waals surface area (Å²) in [6, 6.07) is 12.8. The van der Waals surface area contributed by atoms with Gasteiger partial charge < -0.3 is 20.6 Å². The fourth-order valence-corrected chi connectivity index (χ4v) is 3.24. The van der Waals surface area contributed by atoms with E-state index >= 15 is 0 Å². The molecule has 0 spiro atoms. The van der Waals surface area contributed by atoms with E-state index in [-0.39, 0.29) is 11.7 Å². The quantitative estimate of drug-likeness (QED) is 0.506. The normalized spacial score (nSPS) is 11.2. The van der Waals surface area contributed by atoms with E-state index in [1.54, 1.807) is 12.1 Å². The van der Waals surface area contributed by atoms with Crippen LogP contribution in [0.4, 0.5) is 0 Å². The van der Waals surface area contributed by atoms with Crippen molar-refractivity contribution in [1.29, 1.82) is 0 Å². The van der Waals surface area contributed by atoms with Crippen molar-refractivity contribution >= 4 is 45.4 Å². The van der Waals surface area contributed by atoms with Crippen LogP contribution in [-0.4, -0.2) is 26.3 Å². The Bertz CT molecular complexity index is 1210. The van der Waals surface area contributed by atoms with Crippen LogP contribution in [0.15, 0.2) is 42.5 Å². The molecule has 0 aliphatic rings. The molecule has 2 aromatic carbocycles. The Morgan fingerprint density at radius 3 is 2.81 bits per heavy atom. The molecule has 0 bridgehead atoms. The maximum Gasteiger partial charge on any atom is 0.284 e. The van der Waals surface area contributed by atoms with E-state index < -0.39 is 5.91 Å². The molecule has 27 heavy (non-hydrogen) atoms. The van der Waals surface area contributed by atoms with Gasteiger partial charge in [0.2, 0.25) is 0 Å². The number of benzene rings is 2. The third-order valence-electron chi connectivity index (χ3n) is 4.47. The zero-order valence-corrected chi connectivity index (χ0v) is 15.2. The largest absolute Gasteiger partial charge is 0.363 e. The van der Waals surface area contributed by atoms with Crippen molar-refractivity contribution < 1.29 is 9.59 Å². The highest BCUT2D eigenvalue weighted by molar-refractivity contribution is 6.31. The minimum Gasteiger partial charge on any atom is -0.363 e. The number of hydrogen-bond acceptors (Lipinski definition) is 3. The van der Waals surface area contributed by atoms with Crippen molar-refractivity contribution in [2.75, 3.05) is 0 Å². The van der Waals surface area contributed by atoms with E-state index in [1.807, 2.05) is 41.9 Å². The summed E-state index contributed by atoms with van der Waals surface area (Å²) in [7, 11) is 1.83. The number of aryl methyl sites for hydroxylation is 1. The summed E-state index contributed by atoms with van der Waals surface area (Å²) >= 11 is 6.04. The fourth-order valence-electron chi connectivity index (χ4n) is 3.08. The number of amides is 2. The summed E-state index contributed by atoms with van der Waals surface area (Å²) in [5.74, 6) is -0.690. The van der Waals surface area contributed by atoms with Crippen molar-refractivity contribution in [2.45, 2.75) is 6.54 Å². The number of nitrogens with two attached hydrogens (primary N) is 1. The number of aromatic amines is 1. The number of aromatic nitrogens is 3. The average Bonchev–Trinajstić information content (AvgIpc) is 3.21. The van der Waals surface area contributed by atoms with E-state index in [9.17, 15) is 9.59 Å². The molecule has 0 aliphatic carbocycles. The summed E-state index contributed by atoms with van der Waals surface area (Å²) in [4.78, 5) is 30.8. The molecule has 136 valence electrons. The predicted molar refractivity (Wildman–Crippen MR) is 104 cm³/mol. The molecule has 0 unspecified atom stereocenters. The second-order valence-electron chi connectivity index (χ2n) is 6.28. The number of rotatable bonds is 4. The first-order chi connectivity index (χ1) is 12.9. The van der Waals surface area contributed by atoms with Gasteiger partial charge in [-0.25, -0.2) is 4.98 Å². The van der Waals surface area contributed by atoms with Gasteiger partial charge >= 0.3 is 0 Å². The van der Waals surface area contributed by atoms with E-state index in [0.29, 0.717) is 28.3 Å². The van der Waals surface area contributed by atoms with Gasteiger partial charge in [0.25, 0.3) is 11.8 Å². The van der Waals surface area contributed by atoms with Gasteiger partial charge in [-0.05, 0) is 35.9 Å². The van der Waals surface area contributed by atoms with Crippen molar-refractivity contribution in [3.05, 3.63) is 64.6 Å². The van der Waals surface area contributed by atoms with Crippen LogP contribution in [0.2, 0.25) is 5.02 Å². The number of nitrogens with zero attached hydrogens (tertiary/aromatic N) is 2. The third-order valence-corrected chi connectivity index (χ3v) is 4.71. The van der Waals surface area contributed by atoms with E-state index in [0.717, 1.165) is 16.5 Å². The van der Waals surface area contributed by atoms with Crippen LogP contribution in [0.3, 0.4) is 0 Å². The molecule has 2 aromatic heterocycles.